The Morgan fingerprint density at radius 3 is 2.76 bits per heavy atom. The van der Waals surface area contributed by atoms with Gasteiger partial charge in [0.15, 0.2) is 0 Å². The van der Waals surface area contributed by atoms with Gasteiger partial charge < -0.3 is 10.2 Å². The lowest BCUT2D eigenvalue weighted by Crippen LogP contribution is -2.36. The molecular weight excluding hydrogens is 300 g/mol. The van der Waals surface area contributed by atoms with Crippen molar-refractivity contribution in [2.45, 2.75) is 11.7 Å². The molecule has 0 aliphatic carbocycles. The van der Waals surface area contributed by atoms with Crippen LogP contribution in [-0.4, -0.2) is 29.8 Å². The number of nitrogens with one attached hydrogen (secondary N) is 1. The summed E-state index contributed by atoms with van der Waals surface area (Å²) in [5.41, 5.74) is 0.856. The number of thioether (sulfide) groups is 1. The summed E-state index contributed by atoms with van der Waals surface area (Å²) >= 11 is 3.77. The molecule has 3 rings (SSSR count). The van der Waals surface area contributed by atoms with Crippen LogP contribution in [0.15, 0.2) is 47.8 Å². The molecule has 5 heteroatoms. The van der Waals surface area contributed by atoms with Gasteiger partial charge in [-0.05, 0) is 30.0 Å². The van der Waals surface area contributed by atoms with Crippen molar-refractivity contribution in [2.75, 3.05) is 24.2 Å². The van der Waals surface area contributed by atoms with Gasteiger partial charge in [0.1, 0.15) is 0 Å². The molecule has 3 nitrogen and oxygen atoms in total. The van der Waals surface area contributed by atoms with Gasteiger partial charge in [-0.2, -0.15) is 11.8 Å². The molecule has 0 saturated carbocycles. The van der Waals surface area contributed by atoms with Crippen LogP contribution < -0.4 is 5.32 Å². The van der Waals surface area contributed by atoms with Crippen LogP contribution in [0, 0.1) is 0 Å². The zero-order valence-electron chi connectivity index (χ0n) is 11.7. The first-order valence-corrected chi connectivity index (χ1v) is 9.02. The third-order valence-electron chi connectivity index (χ3n) is 3.51. The number of thiophene rings is 1. The maximum atomic E-state index is 12.3. The van der Waals surface area contributed by atoms with Crippen molar-refractivity contribution >= 4 is 34.8 Å². The van der Waals surface area contributed by atoms with Gasteiger partial charge in [0.2, 0.25) is 0 Å². The largest absolute Gasteiger partial charge is 0.324 e. The van der Waals surface area contributed by atoms with Crippen molar-refractivity contribution in [3.05, 3.63) is 52.7 Å². The van der Waals surface area contributed by atoms with Gasteiger partial charge >= 0.3 is 6.03 Å². The molecule has 2 amide bonds. The lowest BCUT2D eigenvalue weighted by Gasteiger charge is -2.20. The minimum Gasteiger partial charge on any atom is -0.324 e. The zero-order valence-corrected chi connectivity index (χ0v) is 13.3. The number of benzene rings is 1. The number of hydrogen-bond donors (Lipinski definition) is 1. The van der Waals surface area contributed by atoms with E-state index in [4.69, 9.17) is 0 Å². The quantitative estimate of drug-likeness (QED) is 0.886. The highest BCUT2D eigenvalue weighted by molar-refractivity contribution is 7.99. The average molecular weight is 318 g/mol. The Balaban J connectivity index is 1.58. The number of amides is 2. The van der Waals surface area contributed by atoms with Crippen molar-refractivity contribution in [1.82, 2.24) is 4.90 Å². The van der Waals surface area contributed by atoms with E-state index in [0.717, 1.165) is 31.0 Å². The maximum absolute atomic E-state index is 12.3. The van der Waals surface area contributed by atoms with E-state index in [2.05, 4.69) is 22.8 Å². The Morgan fingerprint density at radius 2 is 2.00 bits per heavy atom. The molecule has 1 atom stereocenters. The summed E-state index contributed by atoms with van der Waals surface area (Å²) in [6, 6.07) is 13.9. The van der Waals surface area contributed by atoms with Crippen molar-refractivity contribution in [1.29, 1.82) is 0 Å². The fourth-order valence-electron chi connectivity index (χ4n) is 2.40. The number of rotatable bonds is 2. The summed E-state index contributed by atoms with van der Waals surface area (Å²) in [7, 11) is 0. The fourth-order valence-corrected chi connectivity index (χ4v) is 4.64. The summed E-state index contributed by atoms with van der Waals surface area (Å²) in [6.45, 7) is 1.62. The van der Waals surface area contributed by atoms with Gasteiger partial charge in [-0.1, -0.05) is 24.3 Å². The number of urea groups is 1. The summed E-state index contributed by atoms with van der Waals surface area (Å²) in [5, 5.41) is 5.62. The van der Waals surface area contributed by atoms with Gasteiger partial charge in [-0.15, -0.1) is 11.3 Å². The van der Waals surface area contributed by atoms with Crippen molar-refractivity contribution in [2.24, 2.45) is 0 Å². The lowest BCUT2D eigenvalue weighted by molar-refractivity contribution is 0.215. The molecule has 21 heavy (non-hydrogen) atoms. The average Bonchev–Trinajstić information content (AvgIpc) is 2.93. The van der Waals surface area contributed by atoms with Crippen LogP contribution in [0.3, 0.4) is 0 Å². The minimum absolute atomic E-state index is 0.00799. The van der Waals surface area contributed by atoms with E-state index in [9.17, 15) is 4.79 Å². The van der Waals surface area contributed by atoms with E-state index in [-0.39, 0.29) is 6.03 Å². The van der Waals surface area contributed by atoms with Crippen LogP contribution in [0.1, 0.15) is 16.5 Å². The van der Waals surface area contributed by atoms with Crippen LogP contribution in [0.25, 0.3) is 0 Å². The molecule has 1 saturated heterocycles. The van der Waals surface area contributed by atoms with E-state index >= 15 is 0 Å². The first kappa shape index (κ1) is 14.5. The standard InChI is InChI=1S/C16H18N2OS2/c19-16(17-13-5-2-1-3-6-13)18-9-8-15(21-12-10-18)14-7-4-11-20-14/h1-7,11,15H,8-10,12H2,(H,17,19). The Morgan fingerprint density at radius 1 is 1.14 bits per heavy atom. The zero-order chi connectivity index (χ0) is 14.5. The van der Waals surface area contributed by atoms with Gasteiger partial charge in [0, 0.05) is 34.7 Å². The minimum atomic E-state index is 0.00799. The van der Waals surface area contributed by atoms with E-state index < -0.39 is 0 Å². The number of para-hydroxylation sites is 1. The van der Waals surface area contributed by atoms with Crippen LogP contribution in [0.5, 0.6) is 0 Å². The van der Waals surface area contributed by atoms with Crippen LogP contribution in [-0.2, 0) is 0 Å². The second kappa shape index (κ2) is 7.00. The third-order valence-corrected chi connectivity index (χ3v) is 5.96. The topological polar surface area (TPSA) is 32.3 Å². The molecule has 1 N–H and O–H groups in total. The molecule has 2 aromatic rings. The number of hydrogen-bond acceptors (Lipinski definition) is 3. The Kier molecular flexibility index (Phi) is 4.83. The Labute approximate surface area is 133 Å². The predicted molar refractivity (Wildman–Crippen MR) is 91.2 cm³/mol. The van der Waals surface area contributed by atoms with Crippen molar-refractivity contribution in [3.8, 4) is 0 Å². The lowest BCUT2D eigenvalue weighted by atomic mass is 10.2. The molecule has 1 unspecified atom stereocenters. The van der Waals surface area contributed by atoms with Crippen LogP contribution >= 0.6 is 23.1 Å². The molecule has 1 aliphatic heterocycles. The molecule has 1 fully saturated rings. The normalized spacial score (nSPS) is 19.0. The van der Waals surface area contributed by atoms with Crippen LogP contribution in [0.2, 0.25) is 0 Å². The number of carbonyl (C=O) groups is 1. The van der Waals surface area contributed by atoms with E-state index in [0.29, 0.717) is 5.25 Å². The summed E-state index contributed by atoms with van der Waals surface area (Å²) in [6.07, 6.45) is 1.02. The summed E-state index contributed by atoms with van der Waals surface area (Å²) in [5.74, 6) is 0.991. The van der Waals surface area contributed by atoms with E-state index in [1.54, 1.807) is 0 Å². The van der Waals surface area contributed by atoms with Crippen molar-refractivity contribution < 1.29 is 4.79 Å². The van der Waals surface area contributed by atoms with Gasteiger partial charge in [0.25, 0.3) is 0 Å². The first-order chi connectivity index (χ1) is 10.3. The molecule has 1 aromatic carbocycles. The Hall–Kier alpha value is -1.46. The second-order valence-electron chi connectivity index (χ2n) is 4.95. The van der Waals surface area contributed by atoms with E-state index in [1.807, 2.05) is 58.3 Å². The molecular formula is C16H18N2OS2. The highest BCUT2D eigenvalue weighted by Crippen LogP contribution is 2.36. The highest BCUT2D eigenvalue weighted by atomic mass is 32.2. The SMILES string of the molecule is O=C(Nc1ccccc1)N1CCSC(c2cccs2)CC1. The second-order valence-corrected chi connectivity index (χ2v) is 7.24. The highest BCUT2D eigenvalue weighted by Gasteiger charge is 2.22. The first-order valence-electron chi connectivity index (χ1n) is 7.09. The number of nitrogens with zero attached hydrogens (tertiary/aromatic N) is 1. The molecule has 0 bridgehead atoms. The molecule has 2 heterocycles. The van der Waals surface area contributed by atoms with Crippen LogP contribution in [0.4, 0.5) is 10.5 Å². The monoisotopic (exact) mass is 318 g/mol. The number of anilines is 1. The fraction of sp³-hybridized carbons (Fsp3) is 0.312. The van der Waals surface area contributed by atoms with Gasteiger partial charge in [-0.3, -0.25) is 0 Å². The molecule has 1 aliphatic rings. The number of carbonyl (C=O) groups excluding carboxylic acids is 1. The van der Waals surface area contributed by atoms with Crippen molar-refractivity contribution in [3.63, 3.8) is 0 Å². The third kappa shape index (κ3) is 3.80. The molecule has 0 radical (unpaired) electrons. The molecule has 1 aromatic heterocycles. The Bertz CT molecular complexity index is 571. The van der Waals surface area contributed by atoms with Gasteiger partial charge in [-0.25, -0.2) is 4.79 Å². The summed E-state index contributed by atoms with van der Waals surface area (Å²) < 4.78 is 0. The molecule has 0 spiro atoms. The predicted octanol–water partition coefficient (Wildman–Crippen LogP) is 4.46. The van der Waals surface area contributed by atoms with Gasteiger partial charge in [0.05, 0.1) is 0 Å². The summed E-state index contributed by atoms with van der Waals surface area (Å²) in [4.78, 5) is 15.7. The smallest absolute Gasteiger partial charge is 0.321 e. The van der Waals surface area contributed by atoms with E-state index in [1.165, 1.54) is 4.88 Å². The molecule has 110 valence electrons. The maximum Gasteiger partial charge on any atom is 0.321 e.